The Labute approximate surface area is 168 Å². The average Bonchev–Trinajstić information content (AvgIpc) is 3.27. The maximum absolute atomic E-state index is 13.4. The predicted octanol–water partition coefficient (Wildman–Crippen LogP) is 3.02. The number of rotatable bonds is 6. The van der Waals surface area contributed by atoms with Crippen LogP contribution in [0.2, 0.25) is 0 Å². The van der Waals surface area contributed by atoms with Crippen molar-refractivity contribution in [2.45, 2.75) is 6.04 Å². The van der Waals surface area contributed by atoms with Gasteiger partial charge in [-0.05, 0) is 23.8 Å². The lowest BCUT2D eigenvalue weighted by Gasteiger charge is -2.34. The van der Waals surface area contributed by atoms with Gasteiger partial charge in [0, 0.05) is 25.2 Å². The Balaban J connectivity index is 1.46. The molecule has 6 nitrogen and oxygen atoms in total. The van der Waals surface area contributed by atoms with E-state index in [1.165, 1.54) is 12.1 Å². The summed E-state index contributed by atoms with van der Waals surface area (Å²) >= 11 is 0. The van der Waals surface area contributed by atoms with Gasteiger partial charge in [-0.25, -0.2) is 4.39 Å². The van der Waals surface area contributed by atoms with E-state index in [9.17, 15) is 9.18 Å². The molecule has 1 aromatic heterocycles. The van der Waals surface area contributed by atoms with Gasteiger partial charge >= 0.3 is 0 Å². The smallest absolute Gasteiger partial charge is 0.269 e. The van der Waals surface area contributed by atoms with Crippen molar-refractivity contribution in [2.24, 2.45) is 0 Å². The summed E-state index contributed by atoms with van der Waals surface area (Å²) in [5, 5.41) is 10.0. The first-order valence-corrected chi connectivity index (χ1v) is 9.67. The summed E-state index contributed by atoms with van der Waals surface area (Å²) < 4.78 is 18.8. The van der Waals surface area contributed by atoms with Crippen LogP contribution < -0.4 is 5.32 Å². The van der Waals surface area contributed by atoms with Crippen molar-refractivity contribution in [1.29, 1.82) is 0 Å². The van der Waals surface area contributed by atoms with Crippen molar-refractivity contribution >= 4 is 5.91 Å². The van der Waals surface area contributed by atoms with Gasteiger partial charge in [0.1, 0.15) is 11.5 Å². The van der Waals surface area contributed by atoms with Crippen molar-refractivity contribution in [2.75, 3.05) is 32.8 Å². The Morgan fingerprint density at radius 1 is 1.14 bits per heavy atom. The minimum Gasteiger partial charge on any atom is -0.379 e. The number of ether oxygens (including phenoxy) is 1. The lowest BCUT2D eigenvalue weighted by molar-refractivity contribution is 0.0162. The van der Waals surface area contributed by atoms with Crippen molar-refractivity contribution < 1.29 is 13.9 Å². The standard InChI is InChI=1S/C22H23FN4O2/c23-18-8-6-17(7-9-18)21(27-10-12-29-13-11-27)15-24-22(28)20-14-19(25-26-20)16-4-2-1-3-5-16/h1-9,14,21H,10-13,15H2,(H,24,28)(H,25,26). The third kappa shape index (κ3) is 4.70. The number of morpholine rings is 1. The number of aromatic amines is 1. The Hall–Kier alpha value is -3.03. The van der Waals surface area contributed by atoms with Crippen LogP contribution in [0.3, 0.4) is 0 Å². The highest BCUT2D eigenvalue weighted by molar-refractivity contribution is 5.93. The fraction of sp³-hybridized carbons (Fsp3) is 0.273. The molecule has 0 saturated carbocycles. The molecule has 1 saturated heterocycles. The van der Waals surface area contributed by atoms with E-state index in [0.717, 1.165) is 29.9 Å². The van der Waals surface area contributed by atoms with Crippen LogP contribution in [0.4, 0.5) is 4.39 Å². The molecule has 1 fully saturated rings. The number of H-pyrrole nitrogens is 1. The summed E-state index contributed by atoms with van der Waals surface area (Å²) in [7, 11) is 0. The van der Waals surface area contributed by atoms with Crippen molar-refractivity contribution in [3.63, 3.8) is 0 Å². The Kier molecular flexibility index (Phi) is 5.97. The Bertz CT molecular complexity index is 937. The number of nitrogens with one attached hydrogen (secondary N) is 2. The molecule has 4 rings (SSSR count). The summed E-state index contributed by atoms with van der Waals surface area (Å²) in [5.74, 6) is -0.496. The molecule has 0 spiro atoms. The Morgan fingerprint density at radius 3 is 2.59 bits per heavy atom. The average molecular weight is 394 g/mol. The molecule has 0 aliphatic carbocycles. The van der Waals surface area contributed by atoms with Gasteiger partial charge < -0.3 is 10.1 Å². The fourth-order valence-corrected chi connectivity index (χ4v) is 3.51. The minimum absolute atomic E-state index is 0.0556. The van der Waals surface area contributed by atoms with Crippen molar-refractivity contribution in [3.05, 3.63) is 77.7 Å². The van der Waals surface area contributed by atoms with Gasteiger partial charge in [-0.3, -0.25) is 14.8 Å². The highest BCUT2D eigenvalue weighted by Gasteiger charge is 2.24. The SMILES string of the molecule is O=C(NCC(c1ccc(F)cc1)N1CCOCC1)c1cc(-c2ccccc2)n[nH]1. The molecule has 1 amide bonds. The zero-order chi connectivity index (χ0) is 20.1. The van der Waals surface area contributed by atoms with E-state index in [-0.39, 0.29) is 17.8 Å². The largest absolute Gasteiger partial charge is 0.379 e. The topological polar surface area (TPSA) is 70.2 Å². The second-order valence-corrected chi connectivity index (χ2v) is 6.96. The molecule has 7 heteroatoms. The molecule has 2 heterocycles. The number of hydrogen-bond donors (Lipinski definition) is 2. The summed E-state index contributed by atoms with van der Waals surface area (Å²) in [6, 6.07) is 17.8. The third-order valence-corrected chi connectivity index (χ3v) is 5.09. The summed E-state index contributed by atoms with van der Waals surface area (Å²) in [6.45, 7) is 3.23. The van der Waals surface area contributed by atoms with Crippen LogP contribution in [0.25, 0.3) is 11.3 Å². The van der Waals surface area contributed by atoms with Crippen LogP contribution in [0.1, 0.15) is 22.1 Å². The van der Waals surface area contributed by atoms with Gasteiger partial charge in [0.2, 0.25) is 0 Å². The molecular formula is C22H23FN4O2. The molecule has 2 aromatic carbocycles. The molecule has 1 unspecified atom stereocenters. The van der Waals surface area contributed by atoms with Crippen LogP contribution in [-0.2, 0) is 4.74 Å². The van der Waals surface area contributed by atoms with Gasteiger partial charge in [0.15, 0.2) is 0 Å². The number of nitrogens with zero attached hydrogens (tertiary/aromatic N) is 2. The highest BCUT2D eigenvalue weighted by atomic mass is 19.1. The van der Waals surface area contributed by atoms with E-state index in [4.69, 9.17) is 4.74 Å². The van der Waals surface area contributed by atoms with Crippen LogP contribution in [0, 0.1) is 5.82 Å². The van der Waals surface area contributed by atoms with Crippen LogP contribution in [0.15, 0.2) is 60.7 Å². The second-order valence-electron chi connectivity index (χ2n) is 6.96. The molecule has 3 aromatic rings. The van der Waals surface area contributed by atoms with Crippen LogP contribution in [-0.4, -0.2) is 53.9 Å². The number of benzene rings is 2. The Morgan fingerprint density at radius 2 is 1.86 bits per heavy atom. The van der Waals surface area contributed by atoms with Gasteiger partial charge in [-0.1, -0.05) is 42.5 Å². The fourth-order valence-electron chi connectivity index (χ4n) is 3.51. The molecule has 1 atom stereocenters. The van der Waals surface area contributed by atoms with E-state index in [0.29, 0.717) is 25.5 Å². The first-order valence-electron chi connectivity index (χ1n) is 9.67. The van der Waals surface area contributed by atoms with Gasteiger partial charge in [0.05, 0.1) is 24.9 Å². The van der Waals surface area contributed by atoms with E-state index in [2.05, 4.69) is 20.4 Å². The minimum atomic E-state index is -0.274. The number of halogens is 1. The molecule has 150 valence electrons. The van der Waals surface area contributed by atoms with E-state index >= 15 is 0 Å². The van der Waals surface area contributed by atoms with Crippen molar-refractivity contribution in [3.8, 4) is 11.3 Å². The molecule has 1 aliphatic heterocycles. The first-order chi connectivity index (χ1) is 14.2. The lowest BCUT2D eigenvalue weighted by Crippen LogP contribution is -2.43. The summed E-state index contributed by atoms with van der Waals surface area (Å²) in [6.07, 6.45) is 0. The van der Waals surface area contributed by atoms with Gasteiger partial charge in [-0.2, -0.15) is 5.10 Å². The third-order valence-electron chi connectivity index (χ3n) is 5.09. The van der Waals surface area contributed by atoms with E-state index < -0.39 is 0 Å². The first kappa shape index (κ1) is 19.3. The van der Waals surface area contributed by atoms with Crippen LogP contribution in [0.5, 0.6) is 0 Å². The molecular weight excluding hydrogens is 371 g/mol. The summed E-state index contributed by atoms with van der Waals surface area (Å²) in [5.41, 5.74) is 3.03. The molecule has 29 heavy (non-hydrogen) atoms. The van der Waals surface area contributed by atoms with E-state index in [1.807, 2.05) is 30.3 Å². The zero-order valence-electron chi connectivity index (χ0n) is 16.0. The molecule has 2 N–H and O–H groups in total. The second kappa shape index (κ2) is 8.98. The quantitative estimate of drug-likeness (QED) is 0.674. The predicted molar refractivity (Wildman–Crippen MR) is 108 cm³/mol. The van der Waals surface area contributed by atoms with E-state index in [1.54, 1.807) is 18.2 Å². The molecule has 0 bridgehead atoms. The summed E-state index contributed by atoms with van der Waals surface area (Å²) in [4.78, 5) is 14.9. The number of hydrogen-bond acceptors (Lipinski definition) is 4. The van der Waals surface area contributed by atoms with Gasteiger partial charge in [0.25, 0.3) is 5.91 Å². The number of carbonyl (C=O) groups is 1. The normalized spacial score (nSPS) is 15.8. The van der Waals surface area contributed by atoms with Gasteiger partial charge in [-0.15, -0.1) is 0 Å². The molecule has 0 radical (unpaired) electrons. The lowest BCUT2D eigenvalue weighted by atomic mass is 10.0. The maximum Gasteiger partial charge on any atom is 0.269 e. The monoisotopic (exact) mass is 394 g/mol. The number of amides is 1. The van der Waals surface area contributed by atoms with Crippen LogP contribution >= 0.6 is 0 Å². The highest BCUT2D eigenvalue weighted by Crippen LogP contribution is 2.22. The zero-order valence-corrected chi connectivity index (χ0v) is 16.0. The number of aromatic nitrogens is 2. The molecule has 1 aliphatic rings. The maximum atomic E-state index is 13.4. The van der Waals surface area contributed by atoms with Crippen molar-refractivity contribution in [1.82, 2.24) is 20.4 Å². The number of carbonyl (C=O) groups excluding carboxylic acids is 1.